The van der Waals surface area contributed by atoms with Gasteiger partial charge in [-0.3, -0.25) is 4.79 Å². The minimum Gasteiger partial charge on any atom is -0.508 e. The first-order valence-corrected chi connectivity index (χ1v) is 17.7. The number of fused-ring (bicyclic) bond motifs is 5. The molecule has 0 spiro atoms. The standard InChI is InChI=1S/C34H41F5O5S/c1-32-21-28(31-26-13-9-24(40)20-23(26)8-12-27(31)29(32)14-15-30(32)41)22-6-10-25(11-7-22)44-17-3-2-4-18-45(42,43)19-5-16-33(35,36)34(37,38)39/h6-7,9-11,13,20,27-29,31,40H,2-5,8,12,14-19,21H2,1H3/t27-,28+,29-,31+,32-/m0/s1. The number of carbonyl (C=O) groups excluding carboxylic acids is 1. The number of benzene rings is 2. The summed E-state index contributed by atoms with van der Waals surface area (Å²) in [6.45, 7) is 2.49. The molecule has 0 aromatic heterocycles. The molecule has 2 saturated carbocycles. The molecule has 2 aromatic carbocycles. The molecule has 5 atom stereocenters. The fraction of sp³-hybridized carbons (Fsp3) is 0.618. The summed E-state index contributed by atoms with van der Waals surface area (Å²) in [6.07, 6.45) is -2.38. The van der Waals surface area contributed by atoms with E-state index in [0.29, 0.717) is 49.2 Å². The van der Waals surface area contributed by atoms with Crippen LogP contribution in [0.25, 0.3) is 0 Å². The number of rotatable bonds is 12. The lowest BCUT2D eigenvalue weighted by Crippen LogP contribution is -2.45. The summed E-state index contributed by atoms with van der Waals surface area (Å²) in [7, 11) is -3.72. The van der Waals surface area contributed by atoms with Gasteiger partial charge < -0.3 is 9.84 Å². The predicted molar refractivity (Wildman–Crippen MR) is 161 cm³/mol. The van der Waals surface area contributed by atoms with Gasteiger partial charge in [-0.15, -0.1) is 0 Å². The number of phenols is 1. The topological polar surface area (TPSA) is 80.7 Å². The number of sulfone groups is 1. The van der Waals surface area contributed by atoms with Crippen LogP contribution in [0.15, 0.2) is 42.5 Å². The summed E-state index contributed by atoms with van der Waals surface area (Å²) >= 11 is 0. The number of hydrogen-bond acceptors (Lipinski definition) is 5. The van der Waals surface area contributed by atoms with E-state index in [1.807, 2.05) is 18.2 Å². The normalized spacial score (nSPS) is 26.7. The fourth-order valence-corrected chi connectivity index (χ4v) is 9.58. The molecule has 11 heteroatoms. The zero-order valence-corrected chi connectivity index (χ0v) is 26.2. The number of hydrogen-bond donors (Lipinski definition) is 1. The highest BCUT2D eigenvalue weighted by atomic mass is 32.2. The first kappa shape index (κ1) is 33.7. The van der Waals surface area contributed by atoms with Gasteiger partial charge in [-0.25, -0.2) is 8.42 Å². The molecule has 0 heterocycles. The second kappa shape index (κ2) is 12.8. The highest BCUT2D eigenvalue weighted by Gasteiger charge is 2.58. The van der Waals surface area contributed by atoms with E-state index in [1.54, 1.807) is 6.07 Å². The van der Waals surface area contributed by atoms with Crippen molar-refractivity contribution < 1.29 is 45.0 Å². The van der Waals surface area contributed by atoms with Gasteiger partial charge in [0.2, 0.25) is 0 Å². The zero-order chi connectivity index (χ0) is 32.6. The lowest BCUT2D eigenvalue weighted by atomic mass is 9.51. The van der Waals surface area contributed by atoms with Crippen LogP contribution in [0.4, 0.5) is 22.0 Å². The zero-order valence-electron chi connectivity index (χ0n) is 25.4. The lowest BCUT2D eigenvalue weighted by Gasteiger charge is -2.52. The molecule has 3 aliphatic carbocycles. The third-order valence-corrected chi connectivity index (χ3v) is 12.3. The SMILES string of the molecule is C[C@]12C[C@H](c3ccc(OCCCCCS(=O)(=O)CCCC(F)(F)C(F)(F)F)cc3)[C@@H]3c4ccc(O)cc4CC[C@H]3[C@@H]1CCC2=O. The number of ether oxygens (including phenoxy) is 1. The third-order valence-electron chi connectivity index (χ3n) is 10.5. The van der Waals surface area contributed by atoms with E-state index in [1.165, 1.54) is 11.1 Å². The molecule has 1 N–H and O–H groups in total. The number of aromatic hydroxyl groups is 1. The quantitative estimate of drug-likeness (QED) is 0.184. The minimum absolute atomic E-state index is 0.151. The van der Waals surface area contributed by atoms with Crippen molar-refractivity contribution in [3.8, 4) is 11.5 Å². The molecular weight excluding hydrogens is 615 g/mol. The maximum absolute atomic E-state index is 13.1. The van der Waals surface area contributed by atoms with Crippen molar-refractivity contribution in [2.24, 2.45) is 17.3 Å². The Bertz CT molecular complexity index is 1470. The molecule has 45 heavy (non-hydrogen) atoms. The van der Waals surface area contributed by atoms with E-state index in [0.717, 1.165) is 31.2 Å². The van der Waals surface area contributed by atoms with E-state index < -0.39 is 40.5 Å². The maximum Gasteiger partial charge on any atom is 0.453 e. The Labute approximate surface area is 261 Å². The van der Waals surface area contributed by atoms with Crippen LogP contribution in [-0.4, -0.2) is 49.5 Å². The van der Waals surface area contributed by atoms with Crippen LogP contribution < -0.4 is 4.74 Å². The highest BCUT2D eigenvalue weighted by molar-refractivity contribution is 7.91. The van der Waals surface area contributed by atoms with Crippen molar-refractivity contribution in [3.63, 3.8) is 0 Å². The van der Waals surface area contributed by atoms with E-state index in [2.05, 4.69) is 25.1 Å². The molecular formula is C34H41F5O5S. The van der Waals surface area contributed by atoms with Gasteiger partial charge in [-0.2, -0.15) is 22.0 Å². The summed E-state index contributed by atoms with van der Waals surface area (Å²) < 4.78 is 92.8. The number of aryl methyl sites for hydroxylation is 1. The molecule has 3 aliphatic rings. The van der Waals surface area contributed by atoms with Crippen LogP contribution in [0.2, 0.25) is 0 Å². The van der Waals surface area contributed by atoms with Gasteiger partial charge in [0, 0.05) is 18.3 Å². The Morgan fingerprint density at radius 2 is 1.64 bits per heavy atom. The Morgan fingerprint density at radius 3 is 2.36 bits per heavy atom. The van der Waals surface area contributed by atoms with Crippen molar-refractivity contribution in [3.05, 3.63) is 59.2 Å². The largest absolute Gasteiger partial charge is 0.508 e. The number of unbranched alkanes of at least 4 members (excludes halogenated alkanes) is 2. The van der Waals surface area contributed by atoms with E-state index >= 15 is 0 Å². The van der Waals surface area contributed by atoms with Gasteiger partial charge in [0.05, 0.1) is 18.1 Å². The number of alkyl halides is 5. The van der Waals surface area contributed by atoms with Crippen molar-refractivity contribution in [2.75, 3.05) is 18.1 Å². The van der Waals surface area contributed by atoms with E-state index in [4.69, 9.17) is 4.74 Å². The average molecular weight is 657 g/mol. The molecule has 2 fully saturated rings. The Balaban J connectivity index is 1.14. The van der Waals surface area contributed by atoms with Crippen LogP contribution in [0, 0.1) is 17.3 Å². The molecule has 248 valence electrons. The first-order valence-electron chi connectivity index (χ1n) is 15.8. The smallest absolute Gasteiger partial charge is 0.453 e. The average Bonchev–Trinajstić information content (AvgIpc) is 3.27. The monoisotopic (exact) mass is 656 g/mol. The molecule has 0 radical (unpaired) electrons. The summed E-state index contributed by atoms with van der Waals surface area (Å²) in [5.41, 5.74) is 3.27. The van der Waals surface area contributed by atoms with Gasteiger partial charge in [0.15, 0.2) is 0 Å². The molecule has 0 amide bonds. The van der Waals surface area contributed by atoms with E-state index in [9.17, 15) is 40.3 Å². The summed E-state index contributed by atoms with van der Waals surface area (Å²) in [5, 5.41) is 10.1. The van der Waals surface area contributed by atoms with Gasteiger partial charge >= 0.3 is 12.1 Å². The van der Waals surface area contributed by atoms with Crippen LogP contribution >= 0.6 is 0 Å². The maximum atomic E-state index is 13.1. The number of Topliss-reactive ketones (excluding diaryl/α,β-unsaturated/α-hetero) is 1. The lowest BCUT2D eigenvalue weighted by molar-refractivity contribution is -0.284. The van der Waals surface area contributed by atoms with Gasteiger partial charge in [-0.05, 0) is 116 Å². The Morgan fingerprint density at radius 1 is 0.933 bits per heavy atom. The van der Waals surface area contributed by atoms with Gasteiger partial charge in [0.1, 0.15) is 27.1 Å². The van der Waals surface area contributed by atoms with Gasteiger partial charge in [-0.1, -0.05) is 25.1 Å². The summed E-state index contributed by atoms with van der Waals surface area (Å²) in [6, 6.07) is 13.6. The second-order valence-corrected chi connectivity index (χ2v) is 15.6. The van der Waals surface area contributed by atoms with Crippen LogP contribution in [0.5, 0.6) is 11.5 Å². The molecule has 0 unspecified atom stereocenters. The fourth-order valence-electron chi connectivity index (χ4n) is 8.15. The summed E-state index contributed by atoms with van der Waals surface area (Å²) in [5.74, 6) is -3.37. The molecule has 5 rings (SSSR count). The summed E-state index contributed by atoms with van der Waals surface area (Å²) in [4.78, 5) is 13.1. The highest BCUT2D eigenvalue weighted by Crippen LogP contribution is 2.64. The third kappa shape index (κ3) is 7.18. The molecule has 2 aromatic rings. The van der Waals surface area contributed by atoms with Crippen LogP contribution in [0.1, 0.15) is 93.2 Å². The molecule has 5 nitrogen and oxygen atoms in total. The van der Waals surface area contributed by atoms with E-state index in [-0.39, 0.29) is 35.2 Å². The number of halogens is 5. The van der Waals surface area contributed by atoms with Crippen molar-refractivity contribution >= 4 is 15.6 Å². The van der Waals surface area contributed by atoms with Crippen LogP contribution in [-0.2, 0) is 21.1 Å². The molecule has 0 saturated heterocycles. The van der Waals surface area contributed by atoms with Crippen molar-refractivity contribution in [2.45, 2.75) is 95.1 Å². The number of carbonyl (C=O) groups is 1. The number of phenolic OH excluding ortho intramolecular Hbond substituents is 1. The van der Waals surface area contributed by atoms with Crippen LogP contribution in [0.3, 0.4) is 0 Å². The Kier molecular flexibility index (Phi) is 9.60. The minimum atomic E-state index is -5.68. The molecule has 0 aliphatic heterocycles. The first-order chi connectivity index (χ1) is 21.1. The van der Waals surface area contributed by atoms with Gasteiger partial charge in [0.25, 0.3) is 0 Å². The molecule has 0 bridgehead atoms. The van der Waals surface area contributed by atoms with Crippen molar-refractivity contribution in [1.29, 1.82) is 0 Å². The predicted octanol–water partition coefficient (Wildman–Crippen LogP) is 8.15. The van der Waals surface area contributed by atoms with Crippen molar-refractivity contribution in [1.82, 2.24) is 0 Å². The Hall–Kier alpha value is -2.69. The second-order valence-electron chi connectivity index (χ2n) is 13.3. The number of ketones is 1.